The normalized spacial score (nSPS) is 11.0. The second-order valence-electron chi connectivity index (χ2n) is 4.37. The van der Waals surface area contributed by atoms with E-state index in [-0.39, 0.29) is 0 Å². The molecule has 21 heavy (non-hydrogen) atoms. The van der Waals surface area contributed by atoms with Gasteiger partial charge in [-0.25, -0.2) is 0 Å². The smallest absolute Gasteiger partial charge is 0.187 e. The molecule has 0 N–H and O–H groups in total. The molecule has 3 aromatic rings. The number of hydrogen-bond donors (Lipinski definition) is 0. The van der Waals surface area contributed by atoms with Crippen LogP contribution in [0.1, 0.15) is 16.8 Å². The van der Waals surface area contributed by atoms with E-state index in [1.165, 1.54) is 28.9 Å². The monoisotopic (exact) mass is 338 g/mol. The van der Waals surface area contributed by atoms with Crippen LogP contribution in [-0.2, 0) is 5.75 Å². The predicted molar refractivity (Wildman–Crippen MR) is 83.1 cm³/mol. The van der Waals surface area contributed by atoms with Gasteiger partial charge in [0.05, 0.1) is 5.69 Å². The van der Waals surface area contributed by atoms with Crippen LogP contribution in [0.4, 0.5) is 0 Å². The Hall–Kier alpha value is -1.51. The fourth-order valence-corrected chi connectivity index (χ4v) is 3.42. The number of nitrogens with zero attached hydrogens (tertiary/aromatic N) is 6. The molecule has 108 valence electrons. The van der Waals surface area contributed by atoms with Crippen LogP contribution < -0.4 is 0 Å². The van der Waals surface area contributed by atoms with Gasteiger partial charge in [0.2, 0.25) is 5.16 Å². The molecule has 0 aliphatic carbocycles. The molecular formula is C12H11ClN6S2. The highest BCUT2D eigenvalue weighted by atomic mass is 35.5. The Balaban J connectivity index is 1.87. The minimum absolute atomic E-state index is 0.584. The number of halogens is 1. The molecule has 0 bridgehead atoms. The first-order chi connectivity index (χ1) is 10.2. The maximum absolute atomic E-state index is 6.00. The van der Waals surface area contributed by atoms with Crippen molar-refractivity contribution in [3.05, 3.63) is 39.4 Å². The maximum Gasteiger partial charge on any atom is 0.214 e. The second kappa shape index (κ2) is 6.08. The van der Waals surface area contributed by atoms with Crippen LogP contribution >= 0.6 is 34.9 Å². The van der Waals surface area contributed by atoms with E-state index in [2.05, 4.69) is 45.0 Å². The highest BCUT2D eigenvalue weighted by molar-refractivity contribution is 7.98. The van der Waals surface area contributed by atoms with Crippen LogP contribution in [0.25, 0.3) is 5.69 Å². The standard InChI is InChI=1S/C12H11ClN6S2/c1-7-4-3-5-10(8(7)2)19-12(15-16-17-19)20-6-9-11(13)21-18-14-9/h3-5H,6H2,1-2H3. The van der Waals surface area contributed by atoms with Gasteiger partial charge >= 0.3 is 0 Å². The molecule has 0 radical (unpaired) electrons. The summed E-state index contributed by atoms with van der Waals surface area (Å²) in [5.41, 5.74) is 4.08. The van der Waals surface area contributed by atoms with Gasteiger partial charge in [-0.2, -0.15) is 4.68 Å². The first-order valence-corrected chi connectivity index (χ1v) is 8.25. The van der Waals surface area contributed by atoms with E-state index in [1.807, 2.05) is 12.1 Å². The van der Waals surface area contributed by atoms with Gasteiger partial charge in [0, 0.05) is 17.3 Å². The molecule has 0 saturated heterocycles. The molecule has 0 spiro atoms. The second-order valence-corrected chi connectivity index (χ2v) is 6.67. The predicted octanol–water partition coefficient (Wildman–Crippen LogP) is 3.08. The van der Waals surface area contributed by atoms with Gasteiger partial charge in [-0.15, -0.1) is 10.2 Å². The first-order valence-electron chi connectivity index (χ1n) is 6.11. The summed E-state index contributed by atoms with van der Waals surface area (Å²) in [5, 5.41) is 16.6. The zero-order valence-electron chi connectivity index (χ0n) is 11.3. The molecule has 0 amide bonds. The van der Waals surface area contributed by atoms with Crippen molar-refractivity contribution in [2.24, 2.45) is 0 Å². The van der Waals surface area contributed by atoms with Crippen molar-refractivity contribution < 1.29 is 0 Å². The van der Waals surface area contributed by atoms with E-state index < -0.39 is 0 Å². The summed E-state index contributed by atoms with van der Waals surface area (Å²) in [6.45, 7) is 4.12. The molecule has 0 aliphatic heterocycles. The Kier molecular flexibility index (Phi) is 4.18. The fraction of sp³-hybridized carbons (Fsp3) is 0.250. The molecule has 0 saturated carbocycles. The summed E-state index contributed by atoms with van der Waals surface area (Å²) >= 11 is 8.67. The van der Waals surface area contributed by atoms with Gasteiger partial charge in [-0.3, -0.25) is 0 Å². The number of thioether (sulfide) groups is 1. The zero-order chi connectivity index (χ0) is 14.8. The van der Waals surface area contributed by atoms with Crippen LogP contribution in [0, 0.1) is 13.8 Å². The quantitative estimate of drug-likeness (QED) is 0.681. The van der Waals surface area contributed by atoms with Crippen molar-refractivity contribution in [2.75, 3.05) is 0 Å². The summed E-state index contributed by atoms with van der Waals surface area (Å²) in [6, 6.07) is 6.06. The molecule has 0 fully saturated rings. The Morgan fingerprint density at radius 3 is 2.90 bits per heavy atom. The lowest BCUT2D eigenvalue weighted by molar-refractivity contribution is 0.751. The summed E-state index contributed by atoms with van der Waals surface area (Å²) < 4.78 is 6.16. The van der Waals surface area contributed by atoms with Crippen molar-refractivity contribution in [3.8, 4) is 5.69 Å². The SMILES string of the molecule is Cc1cccc(-n2nnnc2SCc2nnsc2Cl)c1C. The first kappa shape index (κ1) is 14.4. The average Bonchev–Trinajstić information content (AvgIpc) is 3.08. The van der Waals surface area contributed by atoms with Crippen molar-refractivity contribution in [2.45, 2.75) is 24.8 Å². The largest absolute Gasteiger partial charge is 0.214 e. The summed E-state index contributed by atoms with van der Waals surface area (Å²) in [6.07, 6.45) is 0. The molecule has 9 heteroatoms. The van der Waals surface area contributed by atoms with Crippen molar-refractivity contribution in [1.82, 2.24) is 29.8 Å². The van der Waals surface area contributed by atoms with E-state index in [0.717, 1.165) is 16.9 Å². The summed E-state index contributed by atoms with van der Waals surface area (Å²) in [7, 11) is 0. The molecular weight excluding hydrogens is 328 g/mol. The zero-order valence-corrected chi connectivity index (χ0v) is 13.7. The number of hydrogen-bond acceptors (Lipinski definition) is 7. The number of aromatic nitrogens is 6. The van der Waals surface area contributed by atoms with Gasteiger partial charge in [0.25, 0.3) is 0 Å². The van der Waals surface area contributed by atoms with Crippen molar-refractivity contribution in [3.63, 3.8) is 0 Å². The fourth-order valence-electron chi connectivity index (χ4n) is 1.80. The number of tetrazole rings is 1. The maximum atomic E-state index is 6.00. The molecule has 0 aliphatic rings. The van der Waals surface area contributed by atoms with Gasteiger partial charge in [0.1, 0.15) is 10.0 Å². The lowest BCUT2D eigenvalue weighted by Crippen LogP contribution is -2.02. The highest BCUT2D eigenvalue weighted by Crippen LogP contribution is 2.27. The molecule has 2 heterocycles. The van der Waals surface area contributed by atoms with Crippen LogP contribution in [0.15, 0.2) is 23.4 Å². The number of benzene rings is 1. The molecule has 6 nitrogen and oxygen atoms in total. The van der Waals surface area contributed by atoms with Gasteiger partial charge < -0.3 is 0 Å². The lowest BCUT2D eigenvalue weighted by atomic mass is 10.1. The van der Waals surface area contributed by atoms with E-state index in [9.17, 15) is 0 Å². The van der Waals surface area contributed by atoms with Gasteiger partial charge in [-0.1, -0.05) is 40.0 Å². The van der Waals surface area contributed by atoms with Crippen LogP contribution in [-0.4, -0.2) is 29.8 Å². The van der Waals surface area contributed by atoms with Crippen molar-refractivity contribution in [1.29, 1.82) is 0 Å². The third-order valence-corrected chi connectivity index (χ3v) is 5.01. The molecule has 1 aromatic carbocycles. The topological polar surface area (TPSA) is 69.4 Å². The third kappa shape index (κ3) is 2.92. The van der Waals surface area contributed by atoms with Crippen molar-refractivity contribution >= 4 is 34.9 Å². The molecule has 0 unspecified atom stereocenters. The third-order valence-electron chi connectivity index (χ3n) is 3.09. The Morgan fingerprint density at radius 1 is 1.29 bits per heavy atom. The molecule has 0 atom stereocenters. The summed E-state index contributed by atoms with van der Waals surface area (Å²) in [4.78, 5) is 0. The van der Waals surface area contributed by atoms with Crippen LogP contribution in [0.5, 0.6) is 0 Å². The molecule has 2 aromatic heterocycles. The Morgan fingerprint density at radius 2 is 2.14 bits per heavy atom. The van der Waals surface area contributed by atoms with Gasteiger partial charge in [0.15, 0.2) is 0 Å². The minimum Gasteiger partial charge on any atom is -0.187 e. The van der Waals surface area contributed by atoms with E-state index in [1.54, 1.807) is 4.68 Å². The minimum atomic E-state index is 0.584. The average molecular weight is 339 g/mol. The van der Waals surface area contributed by atoms with E-state index >= 15 is 0 Å². The van der Waals surface area contributed by atoms with E-state index in [0.29, 0.717) is 15.2 Å². The van der Waals surface area contributed by atoms with Crippen LogP contribution in [0.2, 0.25) is 4.34 Å². The van der Waals surface area contributed by atoms with Crippen LogP contribution in [0.3, 0.4) is 0 Å². The lowest BCUT2D eigenvalue weighted by Gasteiger charge is -2.09. The summed E-state index contributed by atoms with van der Waals surface area (Å²) in [5.74, 6) is 0.584. The Bertz CT molecular complexity index is 769. The highest BCUT2D eigenvalue weighted by Gasteiger charge is 2.14. The Labute approximate surface area is 134 Å². The molecule has 3 rings (SSSR count). The van der Waals surface area contributed by atoms with Gasteiger partial charge in [-0.05, 0) is 41.5 Å². The number of rotatable bonds is 4. The number of aryl methyl sites for hydroxylation is 1. The van der Waals surface area contributed by atoms with E-state index in [4.69, 9.17) is 11.6 Å².